The second-order valence-electron chi connectivity index (χ2n) is 5.52. The molecule has 2 aromatic carbocycles. The number of aryl methyl sites for hydroxylation is 1. The maximum absolute atomic E-state index is 12.0. The van der Waals surface area contributed by atoms with Crippen LogP contribution in [0.2, 0.25) is 0 Å². The van der Waals surface area contributed by atoms with Crippen molar-refractivity contribution in [2.45, 2.75) is 26.2 Å². The number of halogens is 1. The second-order valence-corrected chi connectivity index (χ2v) is 6.31. The van der Waals surface area contributed by atoms with Gasteiger partial charge < -0.3 is 9.47 Å². The van der Waals surface area contributed by atoms with Crippen molar-refractivity contribution in [1.82, 2.24) is 0 Å². The van der Waals surface area contributed by atoms with Gasteiger partial charge in [-0.05, 0) is 37.1 Å². The van der Waals surface area contributed by atoms with E-state index in [9.17, 15) is 4.79 Å². The Morgan fingerprint density at radius 1 is 1.27 bits per heavy atom. The summed E-state index contributed by atoms with van der Waals surface area (Å²) in [6.45, 7) is 4.05. The number of carbonyl (C=O) groups is 1. The van der Waals surface area contributed by atoms with Gasteiger partial charge in [-0.2, -0.15) is 0 Å². The van der Waals surface area contributed by atoms with Gasteiger partial charge in [-0.15, -0.1) is 0 Å². The topological polar surface area (TPSA) is 35.5 Å². The van der Waals surface area contributed by atoms with Crippen molar-refractivity contribution < 1.29 is 14.3 Å². The average molecular weight is 361 g/mol. The van der Waals surface area contributed by atoms with Gasteiger partial charge in [-0.25, -0.2) is 0 Å². The highest BCUT2D eigenvalue weighted by Crippen LogP contribution is 2.46. The summed E-state index contributed by atoms with van der Waals surface area (Å²) in [7, 11) is 1.65. The fraction of sp³-hybridized carbons (Fsp3) is 0.278. The molecule has 1 aliphatic heterocycles. The number of benzene rings is 2. The highest BCUT2D eigenvalue weighted by Gasteiger charge is 2.32. The van der Waals surface area contributed by atoms with Crippen molar-refractivity contribution in [3.05, 3.63) is 57.1 Å². The molecule has 1 aliphatic rings. The quantitative estimate of drug-likeness (QED) is 0.583. The van der Waals surface area contributed by atoms with Gasteiger partial charge in [0.2, 0.25) is 0 Å². The van der Waals surface area contributed by atoms with Crippen LogP contribution in [0.25, 0.3) is 0 Å². The van der Waals surface area contributed by atoms with E-state index in [4.69, 9.17) is 9.47 Å². The first kappa shape index (κ1) is 15.1. The largest absolute Gasteiger partial charge is 0.496 e. The zero-order valence-corrected chi connectivity index (χ0v) is 14.4. The maximum Gasteiger partial charge on any atom is 0.312 e. The predicted octanol–water partition coefficient (Wildman–Crippen LogP) is 4.52. The molecule has 4 heteroatoms. The van der Waals surface area contributed by atoms with Crippen LogP contribution in [0.5, 0.6) is 11.5 Å². The van der Waals surface area contributed by atoms with Crippen molar-refractivity contribution in [3.8, 4) is 11.5 Å². The molecule has 0 saturated heterocycles. The molecule has 0 saturated carbocycles. The molecule has 1 heterocycles. The lowest BCUT2D eigenvalue weighted by Crippen LogP contribution is -2.22. The fourth-order valence-corrected chi connectivity index (χ4v) is 3.43. The van der Waals surface area contributed by atoms with Crippen molar-refractivity contribution in [3.63, 3.8) is 0 Å². The molecule has 22 heavy (non-hydrogen) atoms. The third-order valence-electron chi connectivity index (χ3n) is 4.15. The Balaban J connectivity index is 2.24. The molecule has 0 fully saturated rings. The number of methoxy groups -OCH3 is 1. The predicted molar refractivity (Wildman–Crippen MR) is 88.7 cm³/mol. The lowest BCUT2D eigenvalue weighted by molar-refractivity contribution is -0.135. The Morgan fingerprint density at radius 2 is 2.00 bits per heavy atom. The van der Waals surface area contributed by atoms with Gasteiger partial charge in [-0.1, -0.05) is 34.1 Å². The normalized spacial score (nSPS) is 16.9. The first-order valence-corrected chi connectivity index (χ1v) is 7.95. The summed E-state index contributed by atoms with van der Waals surface area (Å²) >= 11 is 3.64. The molecule has 0 bridgehead atoms. The zero-order chi connectivity index (χ0) is 15.9. The Bertz CT molecular complexity index is 752. The van der Waals surface area contributed by atoms with Crippen molar-refractivity contribution in [2.75, 3.05) is 7.11 Å². The van der Waals surface area contributed by atoms with Crippen molar-refractivity contribution >= 4 is 21.9 Å². The molecule has 0 aliphatic carbocycles. The highest BCUT2D eigenvalue weighted by molar-refractivity contribution is 9.10. The van der Waals surface area contributed by atoms with Gasteiger partial charge in [0, 0.05) is 21.5 Å². The summed E-state index contributed by atoms with van der Waals surface area (Å²) in [4.78, 5) is 12.0. The molecular formula is C18H17BrO3. The van der Waals surface area contributed by atoms with Crippen molar-refractivity contribution in [2.24, 2.45) is 0 Å². The van der Waals surface area contributed by atoms with Gasteiger partial charge in [0.05, 0.1) is 13.5 Å². The van der Waals surface area contributed by atoms with Crippen LogP contribution in [0.1, 0.15) is 34.6 Å². The third-order valence-corrected chi connectivity index (χ3v) is 5.37. The summed E-state index contributed by atoms with van der Waals surface area (Å²) in [6.07, 6.45) is 0.323. The molecule has 114 valence electrons. The summed E-state index contributed by atoms with van der Waals surface area (Å²) in [5, 5.41) is 0. The molecular weight excluding hydrogens is 344 g/mol. The molecule has 2 aromatic rings. The van der Waals surface area contributed by atoms with Crippen LogP contribution in [0.15, 0.2) is 34.8 Å². The average Bonchev–Trinajstić information content (AvgIpc) is 2.51. The van der Waals surface area contributed by atoms with Crippen LogP contribution >= 0.6 is 15.9 Å². The Labute approximate surface area is 138 Å². The molecule has 0 amide bonds. The number of fused-ring (bicyclic) bond motifs is 1. The number of rotatable bonds is 2. The van der Waals surface area contributed by atoms with E-state index >= 15 is 0 Å². The van der Waals surface area contributed by atoms with Crippen LogP contribution in [0.3, 0.4) is 0 Å². The molecule has 0 spiro atoms. The lowest BCUT2D eigenvalue weighted by Gasteiger charge is -2.28. The monoisotopic (exact) mass is 360 g/mol. The molecule has 0 radical (unpaired) electrons. The zero-order valence-electron chi connectivity index (χ0n) is 12.8. The van der Waals surface area contributed by atoms with Crippen LogP contribution < -0.4 is 9.47 Å². The van der Waals surface area contributed by atoms with E-state index in [0.29, 0.717) is 12.2 Å². The second kappa shape index (κ2) is 5.76. The van der Waals surface area contributed by atoms with Gasteiger partial charge in [0.15, 0.2) is 0 Å². The molecule has 0 aromatic heterocycles. The van der Waals surface area contributed by atoms with Crippen LogP contribution in [-0.2, 0) is 4.79 Å². The van der Waals surface area contributed by atoms with E-state index in [1.165, 1.54) is 0 Å². The SMILES string of the molecule is COc1ccccc1[C@H]1CC(=O)Oc2cc(C)c(Br)c(C)c21. The third kappa shape index (κ3) is 2.41. The summed E-state index contributed by atoms with van der Waals surface area (Å²) < 4.78 is 12.0. The molecule has 1 atom stereocenters. The fourth-order valence-electron chi connectivity index (χ4n) is 3.11. The molecule has 0 N–H and O–H groups in total. The maximum atomic E-state index is 12.0. The number of carbonyl (C=O) groups excluding carboxylic acids is 1. The number of para-hydroxylation sites is 1. The van der Waals surface area contributed by atoms with Gasteiger partial charge >= 0.3 is 5.97 Å². The van der Waals surface area contributed by atoms with Crippen molar-refractivity contribution in [1.29, 1.82) is 0 Å². The van der Waals surface area contributed by atoms with E-state index in [0.717, 1.165) is 32.5 Å². The molecule has 3 nitrogen and oxygen atoms in total. The van der Waals surface area contributed by atoms with Gasteiger partial charge in [0.25, 0.3) is 0 Å². The smallest absolute Gasteiger partial charge is 0.312 e. The summed E-state index contributed by atoms with van der Waals surface area (Å²) in [5.74, 6) is 1.20. The van der Waals surface area contributed by atoms with Crippen LogP contribution in [0.4, 0.5) is 0 Å². The Hall–Kier alpha value is -1.81. The lowest BCUT2D eigenvalue weighted by atomic mass is 9.83. The van der Waals surface area contributed by atoms with E-state index in [1.807, 2.05) is 37.3 Å². The minimum absolute atomic E-state index is 0.0516. The first-order chi connectivity index (χ1) is 10.5. The first-order valence-electron chi connectivity index (χ1n) is 7.16. The minimum atomic E-state index is -0.204. The van der Waals surface area contributed by atoms with E-state index in [1.54, 1.807) is 7.11 Å². The molecule has 0 unspecified atom stereocenters. The van der Waals surface area contributed by atoms with Gasteiger partial charge in [-0.3, -0.25) is 4.79 Å². The van der Waals surface area contributed by atoms with Crippen LogP contribution in [0, 0.1) is 13.8 Å². The van der Waals surface area contributed by atoms with E-state index in [-0.39, 0.29) is 11.9 Å². The minimum Gasteiger partial charge on any atom is -0.496 e. The highest BCUT2D eigenvalue weighted by atomic mass is 79.9. The Morgan fingerprint density at radius 3 is 2.73 bits per heavy atom. The van der Waals surface area contributed by atoms with E-state index < -0.39 is 0 Å². The number of esters is 1. The Kier molecular flexibility index (Phi) is 3.96. The van der Waals surface area contributed by atoms with Crippen LogP contribution in [-0.4, -0.2) is 13.1 Å². The van der Waals surface area contributed by atoms with E-state index in [2.05, 4.69) is 22.9 Å². The number of hydrogen-bond acceptors (Lipinski definition) is 3. The standard InChI is InChI=1S/C18H17BrO3/c1-10-8-15-17(11(2)18(10)19)13(9-16(20)22-15)12-6-4-5-7-14(12)21-3/h4-8,13H,9H2,1-3H3/t13-/m1/s1. The van der Waals surface area contributed by atoms with Gasteiger partial charge in [0.1, 0.15) is 11.5 Å². The number of ether oxygens (including phenoxy) is 2. The summed E-state index contributed by atoms with van der Waals surface area (Å²) in [6, 6.07) is 9.76. The summed E-state index contributed by atoms with van der Waals surface area (Å²) in [5.41, 5.74) is 4.24. The molecule has 3 rings (SSSR count). The number of hydrogen-bond donors (Lipinski definition) is 0.